The predicted octanol–water partition coefficient (Wildman–Crippen LogP) is 4.10. The fourth-order valence-corrected chi connectivity index (χ4v) is 2.11. The van der Waals surface area contributed by atoms with Gasteiger partial charge in [-0.05, 0) is 54.6 Å². The van der Waals surface area contributed by atoms with Gasteiger partial charge in [0.1, 0.15) is 17.3 Å². The molecule has 2 aromatic carbocycles. The predicted molar refractivity (Wildman–Crippen MR) is 84.1 cm³/mol. The molecule has 4 heteroatoms. The summed E-state index contributed by atoms with van der Waals surface area (Å²) >= 11 is 0. The van der Waals surface area contributed by atoms with Gasteiger partial charge in [-0.1, -0.05) is 6.07 Å². The van der Waals surface area contributed by atoms with Gasteiger partial charge < -0.3 is 14.5 Å². The highest BCUT2D eigenvalue weighted by Gasteiger charge is 2.06. The zero-order valence-corrected chi connectivity index (χ0v) is 12.1. The molecule has 1 heterocycles. The van der Waals surface area contributed by atoms with Gasteiger partial charge in [0.05, 0.1) is 6.26 Å². The number of furan rings is 1. The molecular formula is C18H15NO3. The van der Waals surface area contributed by atoms with Gasteiger partial charge in [-0.25, -0.2) is 0 Å². The summed E-state index contributed by atoms with van der Waals surface area (Å²) in [5.74, 6) is 1.99. The van der Waals surface area contributed by atoms with Crippen LogP contribution in [0.25, 0.3) is 11.3 Å². The second kappa shape index (κ2) is 6.18. The van der Waals surface area contributed by atoms with E-state index in [4.69, 9.17) is 9.15 Å². The Bertz CT molecular complexity index is 761. The molecule has 22 heavy (non-hydrogen) atoms. The van der Waals surface area contributed by atoms with E-state index < -0.39 is 0 Å². The van der Waals surface area contributed by atoms with Gasteiger partial charge in [0.2, 0.25) is 0 Å². The fourth-order valence-electron chi connectivity index (χ4n) is 2.11. The van der Waals surface area contributed by atoms with Crippen molar-refractivity contribution in [1.82, 2.24) is 5.32 Å². The van der Waals surface area contributed by atoms with E-state index in [0.29, 0.717) is 17.1 Å². The number of hydrogen-bond acceptors (Lipinski definition) is 3. The minimum absolute atomic E-state index is 0.140. The van der Waals surface area contributed by atoms with Gasteiger partial charge in [-0.15, -0.1) is 0 Å². The molecular weight excluding hydrogens is 278 g/mol. The Morgan fingerprint density at radius 1 is 1.00 bits per heavy atom. The molecule has 3 aromatic rings. The van der Waals surface area contributed by atoms with Crippen LogP contribution in [0.15, 0.2) is 71.3 Å². The van der Waals surface area contributed by atoms with Crippen LogP contribution in [0.3, 0.4) is 0 Å². The van der Waals surface area contributed by atoms with Crippen LogP contribution in [0, 0.1) is 0 Å². The highest BCUT2D eigenvalue weighted by molar-refractivity contribution is 5.94. The molecule has 0 radical (unpaired) electrons. The van der Waals surface area contributed by atoms with Crippen LogP contribution in [-0.4, -0.2) is 13.0 Å². The summed E-state index contributed by atoms with van der Waals surface area (Å²) in [5, 5.41) is 2.59. The lowest BCUT2D eigenvalue weighted by molar-refractivity contribution is 0.0963. The van der Waals surface area contributed by atoms with Crippen molar-refractivity contribution in [3.63, 3.8) is 0 Å². The number of amides is 1. The van der Waals surface area contributed by atoms with Gasteiger partial charge in [0.15, 0.2) is 0 Å². The van der Waals surface area contributed by atoms with E-state index in [1.807, 2.05) is 42.5 Å². The maximum absolute atomic E-state index is 11.6. The van der Waals surface area contributed by atoms with Crippen LogP contribution in [-0.2, 0) is 0 Å². The van der Waals surface area contributed by atoms with Crippen LogP contribution in [0.4, 0.5) is 0 Å². The summed E-state index contributed by atoms with van der Waals surface area (Å²) in [6.45, 7) is 0. The smallest absolute Gasteiger partial charge is 0.251 e. The van der Waals surface area contributed by atoms with Gasteiger partial charge in [0.25, 0.3) is 5.91 Å². The molecule has 0 saturated carbocycles. The summed E-state index contributed by atoms with van der Waals surface area (Å²) in [6, 6.07) is 18.4. The Labute approximate surface area is 128 Å². The molecule has 110 valence electrons. The lowest BCUT2D eigenvalue weighted by Crippen LogP contribution is -2.17. The van der Waals surface area contributed by atoms with Gasteiger partial charge in [-0.2, -0.15) is 0 Å². The van der Waals surface area contributed by atoms with Crippen molar-refractivity contribution in [2.24, 2.45) is 0 Å². The third-order valence-electron chi connectivity index (χ3n) is 3.22. The number of rotatable bonds is 4. The average Bonchev–Trinajstić information content (AvgIpc) is 3.09. The highest BCUT2D eigenvalue weighted by Crippen LogP contribution is 2.26. The standard InChI is InChI=1S/C18H15NO3/c1-19-18(20)14-4-2-5-16(12-14)22-15-9-7-13(8-10-15)17-6-3-11-21-17/h2-12H,1H3,(H,19,20). The first-order valence-corrected chi connectivity index (χ1v) is 6.90. The molecule has 0 spiro atoms. The molecule has 0 saturated heterocycles. The minimum Gasteiger partial charge on any atom is -0.464 e. The van der Waals surface area contributed by atoms with Crippen molar-refractivity contribution in [3.8, 4) is 22.8 Å². The van der Waals surface area contributed by atoms with Crippen LogP contribution >= 0.6 is 0 Å². The molecule has 0 unspecified atom stereocenters. The maximum atomic E-state index is 11.6. The summed E-state index contributed by atoms with van der Waals surface area (Å²) in [4.78, 5) is 11.6. The van der Waals surface area contributed by atoms with Crippen LogP contribution < -0.4 is 10.1 Å². The number of nitrogens with one attached hydrogen (secondary N) is 1. The first-order valence-electron chi connectivity index (χ1n) is 6.90. The number of ether oxygens (including phenoxy) is 1. The Morgan fingerprint density at radius 2 is 1.82 bits per heavy atom. The topological polar surface area (TPSA) is 51.5 Å². The summed E-state index contributed by atoms with van der Waals surface area (Å²) in [5.41, 5.74) is 1.55. The van der Waals surface area contributed by atoms with Crippen molar-refractivity contribution < 1.29 is 13.9 Å². The second-order valence-electron chi connectivity index (χ2n) is 4.71. The third-order valence-corrected chi connectivity index (χ3v) is 3.22. The highest BCUT2D eigenvalue weighted by atomic mass is 16.5. The molecule has 1 amide bonds. The number of carbonyl (C=O) groups is 1. The molecule has 0 fully saturated rings. The molecule has 1 N–H and O–H groups in total. The molecule has 0 bridgehead atoms. The Morgan fingerprint density at radius 3 is 2.50 bits per heavy atom. The van der Waals surface area contributed by atoms with Crippen molar-refractivity contribution in [2.75, 3.05) is 7.05 Å². The SMILES string of the molecule is CNC(=O)c1cccc(Oc2ccc(-c3ccco3)cc2)c1. The number of carbonyl (C=O) groups excluding carboxylic acids is 1. The van der Waals surface area contributed by atoms with Crippen molar-refractivity contribution in [2.45, 2.75) is 0 Å². The van der Waals surface area contributed by atoms with Gasteiger partial charge >= 0.3 is 0 Å². The number of benzene rings is 2. The zero-order valence-electron chi connectivity index (χ0n) is 12.1. The van der Waals surface area contributed by atoms with Gasteiger partial charge in [0, 0.05) is 18.2 Å². The summed E-state index contributed by atoms with van der Waals surface area (Å²) in [7, 11) is 1.60. The number of hydrogen-bond donors (Lipinski definition) is 1. The molecule has 0 aliphatic rings. The van der Waals surface area contributed by atoms with Crippen molar-refractivity contribution in [1.29, 1.82) is 0 Å². The van der Waals surface area contributed by atoms with E-state index in [-0.39, 0.29) is 5.91 Å². The Kier molecular flexibility index (Phi) is 3.92. The quantitative estimate of drug-likeness (QED) is 0.788. The molecule has 0 aliphatic heterocycles. The van der Waals surface area contributed by atoms with Crippen molar-refractivity contribution in [3.05, 3.63) is 72.5 Å². The van der Waals surface area contributed by atoms with E-state index in [9.17, 15) is 4.79 Å². The van der Waals surface area contributed by atoms with Crippen LogP contribution in [0.2, 0.25) is 0 Å². The molecule has 4 nitrogen and oxygen atoms in total. The molecule has 0 atom stereocenters. The molecule has 0 aliphatic carbocycles. The summed E-state index contributed by atoms with van der Waals surface area (Å²) in [6.07, 6.45) is 1.64. The lowest BCUT2D eigenvalue weighted by Gasteiger charge is -2.07. The largest absolute Gasteiger partial charge is 0.464 e. The van der Waals surface area contributed by atoms with E-state index in [1.165, 1.54) is 0 Å². The van der Waals surface area contributed by atoms with E-state index in [2.05, 4.69) is 5.32 Å². The monoisotopic (exact) mass is 293 g/mol. The van der Waals surface area contributed by atoms with E-state index in [1.54, 1.807) is 31.5 Å². The molecule has 1 aromatic heterocycles. The van der Waals surface area contributed by atoms with Crippen LogP contribution in [0.5, 0.6) is 11.5 Å². The van der Waals surface area contributed by atoms with E-state index in [0.717, 1.165) is 11.3 Å². The minimum atomic E-state index is -0.140. The van der Waals surface area contributed by atoms with Crippen LogP contribution in [0.1, 0.15) is 10.4 Å². The average molecular weight is 293 g/mol. The lowest BCUT2D eigenvalue weighted by atomic mass is 10.1. The van der Waals surface area contributed by atoms with Crippen molar-refractivity contribution >= 4 is 5.91 Å². The Balaban J connectivity index is 1.77. The fraction of sp³-hybridized carbons (Fsp3) is 0.0556. The second-order valence-corrected chi connectivity index (χ2v) is 4.71. The first kappa shape index (κ1) is 13.9. The first-order chi connectivity index (χ1) is 10.8. The zero-order chi connectivity index (χ0) is 15.4. The van der Waals surface area contributed by atoms with Gasteiger partial charge in [-0.3, -0.25) is 4.79 Å². The maximum Gasteiger partial charge on any atom is 0.251 e. The van der Waals surface area contributed by atoms with E-state index >= 15 is 0 Å². The summed E-state index contributed by atoms with van der Waals surface area (Å²) < 4.78 is 11.1. The third kappa shape index (κ3) is 3.01. The normalized spacial score (nSPS) is 10.2. The Hall–Kier alpha value is -3.01. The molecule has 3 rings (SSSR count).